The molecule has 0 atom stereocenters. The van der Waals surface area contributed by atoms with Crippen molar-refractivity contribution in [1.29, 1.82) is 0 Å². The van der Waals surface area contributed by atoms with Crippen molar-refractivity contribution in [2.24, 2.45) is 5.73 Å². The van der Waals surface area contributed by atoms with Crippen LogP contribution in [0.1, 0.15) is 40.2 Å². The summed E-state index contributed by atoms with van der Waals surface area (Å²) in [5, 5.41) is 5.33. The van der Waals surface area contributed by atoms with Crippen molar-refractivity contribution in [3.8, 4) is 0 Å². The Bertz CT molecular complexity index is 864. The predicted molar refractivity (Wildman–Crippen MR) is 83.6 cm³/mol. The fourth-order valence-corrected chi connectivity index (χ4v) is 2.70. The highest BCUT2D eigenvalue weighted by atomic mass is 16.1. The van der Waals surface area contributed by atoms with Crippen molar-refractivity contribution < 1.29 is 4.79 Å². The van der Waals surface area contributed by atoms with Gasteiger partial charge < -0.3 is 5.73 Å². The van der Waals surface area contributed by atoms with E-state index in [2.05, 4.69) is 22.2 Å². The van der Waals surface area contributed by atoms with E-state index in [0.717, 1.165) is 16.5 Å². The molecule has 5 nitrogen and oxygen atoms in total. The number of nitrogens with zero attached hydrogens (tertiary/aromatic N) is 3. The normalized spacial score (nSPS) is 14.4. The smallest absolute Gasteiger partial charge is 0.251 e. The van der Waals surface area contributed by atoms with Crippen LogP contribution in [0.4, 0.5) is 0 Å². The monoisotopic (exact) mass is 292 g/mol. The zero-order chi connectivity index (χ0) is 15.1. The molecule has 0 bridgehead atoms. The zero-order valence-corrected chi connectivity index (χ0v) is 12.1. The van der Waals surface area contributed by atoms with Gasteiger partial charge in [0.05, 0.1) is 23.8 Å². The first-order valence-electron chi connectivity index (χ1n) is 7.40. The summed E-state index contributed by atoms with van der Waals surface area (Å²) >= 11 is 0. The number of pyridine rings is 1. The fraction of sp³-hybridized carbons (Fsp3) is 0.235. The molecular weight excluding hydrogens is 276 g/mol. The van der Waals surface area contributed by atoms with Crippen LogP contribution in [0.3, 0.4) is 0 Å². The molecule has 0 radical (unpaired) electrons. The molecule has 4 rings (SSSR count). The van der Waals surface area contributed by atoms with Crippen LogP contribution in [0.25, 0.3) is 10.9 Å². The first-order valence-corrected chi connectivity index (χ1v) is 7.40. The molecule has 22 heavy (non-hydrogen) atoms. The molecule has 110 valence electrons. The molecule has 0 unspecified atom stereocenters. The zero-order valence-electron chi connectivity index (χ0n) is 12.1. The Hall–Kier alpha value is -2.69. The molecule has 2 N–H and O–H groups in total. The number of nitrogens with two attached hydrogens (primary N) is 1. The molecule has 2 heterocycles. The number of fused-ring (bicyclic) bond motifs is 1. The summed E-state index contributed by atoms with van der Waals surface area (Å²) in [5.74, 6) is 0.243. The summed E-state index contributed by atoms with van der Waals surface area (Å²) in [4.78, 5) is 15.6. The van der Waals surface area contributed by atoms with Gasteiger partial charge in [0.25, 0.3) is 5.91 Å². The number of benzene rings is 1. The van der Waals surface area contributed by atoms with Crippen molar-refractivity contribution in [3.63, 3.8) is 0 Å². The van der Waals surface area contributed by atoms with Gasteiger partial charge in [0.2, 0.25) is 0 Å². The maximum absolute atomic E-state index is 11.1. The number of aromatic nitrogens is 3. The number of amides is 1. The quantitative estimate of drug-likeness (QED) is 0.802. The van der Waals surface area contributed by atoms with E-state index in [-0.39, 0.29) is 0 Å². The largest absolute Gasteiger partial charge is 0.366 e. The lowest BCUT2D eigenvalue weighted by Crippen LogP contribution is -2.09. The fourth-order valence-electron chi connectivity index (χ4n) is 2.70. The van der Waals surface area contributed by atoms with E-state index in [1.165, 1.54) is 24.6 Å². The minimum Gasteiger partial charge on any atom is -0.366 e. The summed E-state index contributed by atoms with van der Waals surface area (Å²) < 4.78 is 1.72. The van der Waals surface area contributed by atoms with Gasteiger partial charge in [-0.3, -0.25) is 14.5 Å². The van der Waals surface area contributed by atoms with Crippen LogP contribution in [0.5, 0.6) is 0 Å². The van der Waals surface area contributed by atoms with Crippen LogP contribution >= 0.6 is 0 Å². The standard InChI is InChI=1S/C17H16N4O/c18-17(22)15-8-20-21(10-15)9-11-1-4-16-13(5-11)6-14(7-19-16)12-2-3-12/h1,4-8,10,12H,2-3,9H2,(H2,18,22). The van der Waals surface area contributed by atoms with Gasteiger partial charge >= 0.3 is 0 Å². The summed E-state index contributed by atoms with van der Waals surface area (Å²) in [5.41, 5.74) is 9.14. The molecular formula is C17H16N4O. The van der Waals surface area contributed by atoms with Crippen molar-refractivity contribution in [2.45, 2.75) is 25.3 Å². The maximum atomic E-state index is 11.1. The highest BCUT2D eigenvalue weighted by molar-refractivity contribution is 5.92. The second kappa shape index (κ2) is 4.94. The van der Waals surface area contributed by atoms with E-state index in [1.807, 2.05) is 18.3 Å². The summed E-state index contributed by atoms with van der Waals surface area (Å²) in [6, 6.07) is 8.44. The van der Waals surface area contributed by atoms with Crippen molar-refractivity contribution in [1.82, 2.24) is 14.8 Å². The van der Waals surface area contributed by atoms with E-state index in [9.17, 15) is 4.79 Å². The van der Waals surface area contributed by atoms with Crippen LogP contribution in [0.15, 0.2) is 42.9 Å². The third kappa shape index (κ3) is 2.45. The van der Waals surface area contributed by atoms with Crippen LogP contribution < -0.4 is 5.73 Å². The Morgan fingerprint density at radius 2 is 2.14 bits per heavy atom. The number of rotatable bonds is 4. The molecule has 2 aromatic heterocycles. The lowest BCUT2D eigenvalue weighted by molar-refractivity contribution is 0.1000. The third-order valence-corrected chi connectivity index (χ3v) is 4.08. The molecule has 0 saturated heterocycles. The molecule has 1 amide bonds. The number of primary amides is 1. The number of carbonyl (C=O) groups excluding carboxylic acids is 1. The number of hydrogen-bond donors (Lipinski definition) is 1. The van der Waals surface area contributed by atoms with Crippen LogP contribution in [-0.4, -0.2) is 20.7 Å². The van der Waals surface area contributed by atoms with Crippen LogP contribution in [-0.2, 0) is 6.54 Å². The van der Waals surface area contributed by atoms with E-state index in [1.54, 1.807) is 10.9 Å². The Kier molecular flexibility index (Phi) is 2.92. The van der Waals surface area contributed by atoms with Gasteiger partial charge in [-0.05, 0) is 48.1 Å². The van der Waals surface area contributed by atoms with Gasteiger partial charge in [0.1, 0.15) is 0 Å². The topological polar surface area (TPSA) is 73.8 Å². The highest BCUT2D eigenvalue weighted by Crippen LogP contribution is 2.40. The summed E-state index contributed by atoms with van der Waals surface area (Å²) in [7, 11) is 0. The van der Waals surface area contributed by atoms with Gasteiger partial charge in [-0.15, -0.1) is 0 Å². The van der Waals surface area contributed by atoms with Crippen molar-refractivity contribution in [2.75, 3.05) is 0 Å². The second-order valence-corrected chi connectivity index (χ2v) is 5.86. The predicted octanol–water partition coefficient (Wildman–Crippen LogP) is 2.46. The highest BCUT2D eigenvalue weighted by Gasteiger charge is 2.23. The molecule has 1 aromatic carbocycles. The van der Waals surface area contributed by atoms with Gasteiger partial charge in [-0.2, -0.15) is 5.10 Å². The van der Waals surface area contributed by atoms with E-state index in [4.69, 9.17) is 5.73 Å². The lowest BCUT2D eigenvalue weighted by Gasteiger charge is -2.05. The Morgan fingerprint density at radius 1 is 1.27 bits per heavy atom. The van der Waals surface area contributed by atoms with E-state index < -0.39 is 5.91 Å². The number of carbonyl (C=O) groups is 1. The lowest BCUT2D eigenvalue weighted by atomic mass is 10.1. The molecule has 1 aliphatic rings. The molecule has 1 saturated carbocycles. The average molecular weight is 292 g/mol. The molecule has 3 aromatic rings. The van der Waals surface area contributed by atoms with E-state index in [0.29, 0.717) is 18.0 Å². The molecule has 0 spiro atoms. The second-order valence-electron chi connectivity index (χ2n) is 5.86. The minimum absolute atomic E-state index is 0.429. The average Bonchev–Trinajstić information content (AvgIpc) is 3.26. The maximum Gasteiger partial charge on any atom is 0.251 e. The minimum atomic E-state index is -0.456. The van der Waals surface area contributed by atoms with E-state index >= 15 is 0 Å². The van der Waals surface area contributed by atoms with Crippen LogP contribution in [0.2, 0.25) is 0 Å². The van der Waals surface area contributed by atoms with Gasteiger partial charge in [-0.25, -0.2) is 0 Å². The van der Waals surface area contributed by atoms with Crippen molar-refractivity contribution >= 4 is 16.8 Å². The van der Waals surface area contributed by atoms with Gasteiger partial charge in [0, 0.05) is 17.8 Å². The Balaban J connectivity index is 1.64. The molecule has 5 heteroatoms. The Labute approximate surface area is 127 Å². The third-order valence-electron chi connectivity index (χ3n) is 4.08. The molecule has 1 aliphatic carbocycles. The first-order chi connectivity index (χ1) is 10.7. The SMILES string of the molecule is NC(=O)c1cnn(Cc2ccc3ncc(C4CC4)cc3c2)c1. The molecule has 1 fully saturated rings. The number of hydrogen-bond acceptors (Lipinski definition) is 3. The van der Waals surface area contributed by atoms with Crippen LogP contribution in [0, 0.1) is 0 Å². The Morgan fingerprint density at radius 3 is 2.86 bits per heavy atom. The van der Waals surface area contributed by atoms with Crippen molar-refractivity contribution in [3.05, 3.63) is 59.5 Å². The summed E-state index contributed by atoms with van der Waals surface area (Å²) in [6.45, 7) is 0.608. The summed E-state index contributed by atoms with van der Waals surface area (Å²) in [6.07, 6.45) is 7.71. The molecule has 0 aliphatic heterocycles. The van der Waals surface area contributed by atoms with Gasteiger partial charge in [-0.1, -0.05) is 6.07 Å². The van der Waals surface area contributed by atoms with Gasteiger partial charge in [0.15, 0.2) is 0 Å². The first kappa shape index (κ1) is 13.0.